The molecule has 1 aromatic carbocycles. The molecule has 0 bridgehead atoms. The van der Waals surface area contributed by atoms with Crippen LogP contribution in [0, 0.1) is 5.92 Å². The number of hydrogen-bond donors (Lipinski definition) is 1. The molecule has 1 aliphatic carbocycles. The number of carbonyl (C=O) groups excluding carboxylic acids is 1. The van der Waals surface area contributed by atoms with Gasteiger partial charge in [0.2, 0.25) is 11.1 Å². The van der Waals surface area contributed by atoms with Gasteiger partial charge in [-0.1, -0.05) is 49.7 Å². The maximum absolute atomic E-state index is 12.4. The van der Waals surface area contributed by atoms with Crippen LogP contribution in [-0.4, -0.2) is 32.0 Å². The molecule has 1 saturated carbocycles. The summed E-state index contributed by atoms with van der Waals surface area (Å²) >= 11 is 1.40. The van der Waals surface area contributed by atoms with Crippen LogP contribution in [0.2, 0.25) is 0 Å². The largest absolute Gasteiger partial charge is 0.352 e. The number of nitrogens with zero attached hydrogens (tertiary/aromatic N) is 3. The van der Waals surface area contributed by atoms with Crippen molar-refractivity contribution in [2.75, 3.05) is 0 Å². The normalized spacial score (nSPS) is 22.1. The minimum absolute atomic E-state index is 0.0785. The molecule has 0 aliphatic heterocycles. The van der Waals surface area contributed by atoms with Crippen molar-refractivity contribution >= 4 is 17.7 Å². The van der Waals surface area contributed by atoms with Gasteiger partial charge in [0.25, 0.3) is 0 Å². The lowest BCUT2D eigenvalue weighted by Crippen LogP contribution is -2.44. The van der Waals surface area contributed by atoms with Crippen molar-refractivity contribution in [3.8, 4) is 5.69 Å². The molecule has 1 fully saturated rings. The minimum Gasteiger partial charge on any atom is -0.352 e. The van der Waals surface area contributed by atoms with Crippen LogP contribution in [0.1, 0.15) is 39.5 Å². The highest BCUT2D eigenvalue weighted by molar-refractivity contribution is 8.00. The SMILES string of the molecule is CC(Sc1ncn(-c2ccccc2)n1)C(=O)NC1CCCCC1C. The van der Waals surface area contributed by atoms with Crippen LogP contribution in [0.25, 0.3) is 5.69 Å². The fourth-order valence-corrected chi connectivity index (χ4v) is 3.78. The van der Waals surface area contributed by atoms with Gasteiger partial charge in [0.05, 0.1) is 10.9 Å². The maximum Gasteiger partial charge on any atom is 0.233 e. The van der Waals surface area contributed by atoms with Crippen molar-refractivity contribution in [1.29, 1.82) is 0 Å². The predicted molar refractivity (Wildman–Crippen MR) is 96.2 cm³/mol. The van der Waals surface area contributed by atoms with Gasteiger partial charge < -0.3 is 5.32 Å². The van der Waals surface area contributed by atoms with E-state index in [4.69, 9.17) is 0 Å². The van der Waals surface area contributed by atoms with E-state index in [0.29, 0.717) is 17.1 Å². The highest BCUT2D eigenvalue weighted by Crippen LogP contribution is 2.25. The first kappa shape index (κ1) is 17.0. The van der Waals surface area contributed by atoms with Gasteiger partial charge in [0.15, 0.2) is 0 Å². The Morgan fingerprint density at radius 2 is 2.04 bits per heavy atom. The van der Waals surface area contributed by atoms with Crippen LogP contribution in [-0.2, 0) is 4.79 Å². The van der Waals surface area contributed by atoms with Crippen LogP contribution in [0.15, 0.2) is 41.8 Å². The van der Waals surface area contributed by atoms with Crippen molar-refractivity contribution in [2.24, 2.45) is 5.92 Å². The second-order valence-electron chi connectivity index (χ2n) is 6.44. The Kier molecular flexibility index (Phi) is 5.56. The summed E-state index contributed by atoms with van der Waals surface area (Å²) in [4.78, 5) is 16.8. The van der Waals surface area contributed by atoms with Crippen molar-refractivity contribution in [3.63, 3.8) is 0 Å². The van der Waals surface area contributed by atoms with Crippen molar-refractivity contribution in [2.45, 2.75) is 56.0 Å². The Hall–Kier alpha value is -1.82. The first-order valence-electron chi connectivity index (χ1n) is 8.57. The number of carbonyl (C=O) groups is 1. The summed E-state index contributed by atoms with van der Waals surface area (Å²) < 4.78 is 1.73. The number of thioether (sulfide) groups is 1. The van der Waals surface area contributed by atoms with Gasteiger partial charge in [-0.15, -0.1) is 5.10 Å². The Balaban J connectivity index is 1.57. The van der Waals surface area contributed by atoms with Gasteiger partial charge in [-0.05, 0) is 37.8 Å². The van der Waals surface area contributed by atoms with E-state index in [0.717, 1.165) is 12.1 Å². The van der Waals surface area contributed by atoms with Crippen molar-refractivity contribution in [1.82, 2.24) is 20.1 Å². The molecule has 6 heteroatoms. The highest BCUT2D eigenvalue weighted by Gasteiger charge is 2.25. The number of amides is 1. The van der Waals surface area contributed by atoms with Gasteiger partial charge in [-0.2, -0.15) is 0 Å². The second kappa shape index (κ2) is 7.83. The average molecular weight is 344 g/mol. The number of benzene rings is 1. The van der Waals surface area contributed by atoms with Gasteiger partial charge >= 0.3 is 0 Å². The Morgan fingerprint density at radius 1 is 1.29 bits per heavy atom. The lowest BCUT2D eigenvalue weighted by molar-refractivity contribution is -0.121. The van der Waals surface area contributed by atoms with E-state index in [9.17, 15) is 4.79 Å². The molecule has 24 heavy (non-hydrogen) atoms. The number of nitrogens with one attached hydrogen (secondary N) is 1. The molecule has 1 heterocycles. The molecule has 2 aromatic rings. The summed E-state index contributed by atoms with van der Waals surface area (Å²) in [5.74, 6) is 0.644. The minimum atomic E-state index is -0.203. The summed E-state index contributed by atoms with van der Waals surface area (Å²) in [6.45, 7) is 4.14. The fourth-order valence-electron chi connectivity index (χ4n) is 3.05. The molecule has 3 unspecified atom stereocenters. The molecule has 0 saturated heterocycles. The van der Waals surface area contributed by atoms with E-state index in [1.807, 2.05) is 37.3 Å². The summed E-state index contributed by atoms with van der Waals surface area (Å²) in [6.07, 6.45) is 6.46. The molecule has 1 aliphatic rings. The fraction of sp³-hybridized carbons (Fsp3) is 0.500. The summed E-state index contributed by atoms with van der Waals surface area (Å²) in [6, 6.07) is 10.2. The zero-order valence-corrected chi connectivity index (χ0v) is 15.0. The number of aromatic nitrogens is 3. The van der Waals surface area contributed by atoms with Gasteiger partial charge in [-0.25, -0.2) is 9.67 Å². The zero-order chi connectivity index (χ0) is 16.9. The Morgan fingerprint density at radius 3 is 2.79 bits per heavy atom. The lowest BCUT2D eigenvalue weighted by atomic mass is 9.86. The quantitative estimate of drug-likeness (QED) is 0.844. The Labute approximate surface area is 147 Å². The second-order valence-corrected chi connectivity index (χ2v) is 7.75. The van der Waals surface area contributed by atoms with Crippen LogP contribution < -0.4 is 5.32 Å². The van der Waals surface area contributed by atoms with Crippen LogP contribution in [0.5, 0.6) is 0 Å². The van der Waals surface area contributed by atoms with Crippen LogP contribution in [0.4, 0.5) is 0 Å². The molecule has 1 aromatic heterocycles. The van der Waals surface area contributed by atoms with Crippen molar-refractivity contribution < 1.29 is 4.79 Å². The smallest absolute Gasteiger partial charge is 0.233 e. The number of hydrogen-bond acceptors (Lipinski definition) is 4. The predicted octanol–water partition coefficient (Wildman–Crippen LogP) is 3.44. The van der Waals surface area contributed by atoms with E-state index in [-0.39, 0.29) is 11.2 Å². The molecule has 0 spiro atoms. The van der Waals surface area contributed by atoms with Crippen LogP contribution in [0.3, 0.4) is 0 Å². The third kappa shape index (κ3) is 4.17. The number of para-hydroxylation sites is 1. The first-order chi connectivity index (χ1) is 11.6. The highest BCUT2D eigenvalue weighted by atomic mass is 32.2. The van der Waals surface area contributed by atoms with E-state index in [1.165, 1.54) is 31.0 Å². The third-order valence-corrected chi connectivity index (χ3v) is 5.55. The van der Waals surface area contributed by atoms with Gasteiger partial charge in [-0.3, -0.25) is 4.79 Å². The topological polar surface area (TPSA) is 59.8 Å². The van der Waals surface area contributed by atoms with Crippen molar-refractivity contribution in [3.05, 3.63) is 36.7 Å². The summed E-state index contributed by atoms with van der Waals surface area (Å²) in [5.41, 5.74) is 0.963. The molecule has 1 N–H and O–H groups in total. The van der Waals surface area contributed by atoms with Gasteiger partial charge in [0.1, 0.15) is 6.33 Å². The molecule has 3 atom stereocenters. The lowest BCUT2D eigenvalue weighted by Gasteiger charge is -2.30. The average Bonchev–Trinajstić information content (AvgIpc) is 3.06. The molecular weight excluding hydrogens is 320 g/mol. The molecule has 5 nitrogen and oxygen atoms in total. The standard InChI is InChI=1S/C18H24N4OS/c1-13-8-6-7-11-16(13)20-17(23)14(2)24-18-19-12-22(21-18)15-9-4-3-5-10-15/h3-5,9-10,12-14,16H,6-8,11H2,1-2H3,(H,20,23). The van der Waals surface area contributed by atoms with E-state index >= 15 is 0 Å². The number of rotatable bonds is 5. The van der Waals surface area contributed by atoms with E-state index in [2.05, 4.69) is 22.3 Å². The van der Waals surface area contributed by atoms with E-state index in [1.54, 1.807) is 11.0 Å². The first-order valence-corrected chi connectivity index (χ1v) is 9.45. The summed E-state index contributed by atoms with van der Waals surface area (Å²) in [7, 11) is 0. The maximum atomic E-state index is 12.4. The monoisotopic (exact) mass is 344 g/mol. The summed E-state index contributed by atoms with van der Waals surface area (Å²) in [5, 5.41) is 8.08. The molecule has 1 amide bonds. The molecular formula is C18H24N4OS. The molecule has 3 rings (SSSR count). The van der Waals surface area contributed by atoms with Crippen LogP contribution >= 0.6 is 11.8 Å². The molecule has 0 radical (unpaired) electrons. The zero-order valence-electron chi connectivity index (χ0n) is 14.2. The molecule has 128 valence electrons. The Bertz CT molecular complexity index is 673. The third-order valence-electron chi connectivity index (χ3n) is 4.58. The van der Waals surface area contributed by atoms with E-state index < -0.39 is 0 Å². The van der Waals surface area contributed by atoms with Gasteiger partial charge in [0, 0.05) is 6.04 Å².